The van der Waals surface area contributed by atoms with E-state index < -0.39 is 0 Å². The van der Waals surface area contributed by atoms with Gasteiger partial charge in [-0.25, -0.2) is 0 Å². The maximum absolute atomic E-state index is 5.42. The van der Waals surface area contributed by atoms with Gasteiger partial charge >= 0.3 is 0 Å². The van der Waals surface area contributed by atoms with E-state index in [4.69, 9.17) is 4.74 Å². The molecule has 2 rings (SSSR count). The number of hydrogen-bond donors (Lipinski definition) is 1. The Labute approximate surface area is 121 Å². The van der Waals surface area contributed by atoms with Crippen LogP contribution in [-0.2, 0) is 4.74 Å². The van der Waals surface area contributed by atoms with Crippen LogP contribution in [0.4, 0.5) is 0 Å². The number of hydrogen-bond acceptors (Lipinski definition) is 3. The summed E-state index contributed by atoms with van der Waals surface area (Å²) in [6.45, 7) is 0.860. The summed E-state index contributed by atoms with van der Waals surface area (Å²) in [6, 6.07) is 8.83. The highest BCUT2D eigenvalue weighted by Gasteiger charge is 2.15. The molecule has 1 aromatic carbocycles. The molecule has 0 saturated carbocycles. The lowest BCUT2D eigenvalue weighted by atomic mass is 10.0. The zero-order chi connectivity index (χ0) is 12.8. The van der Waals surface area contributed by atoms with Crippen LogP contribution in [0.3, 0.4) is 0 Å². The quantitative estimate of drug-likeness (QED) is 0.830. The van der Waals surface area contributed by atoms with Crippen LogP contribution in [0.2, 0.25) is 0 Å². The molecule has 1 aliphatic heterocycles. The Bertz CT molecular complexity index is 422. The monoisotopic (exact) mass is 327 g/mol. The smallest absolute Gasteiger partial charge is 0.0876 e. The van der Waals surface area contributed by atoms with E-state index >= 15 is 0 Å². The highest BCUT2D eigenvalue weighted by molar-refractivity contribution is 9.10. The molecule has 98 valence electrons. The Hall–Kier alpha value is -0.450. The molecule has 18 heavy (non-hydrogen) atoms. The van der Waals surface area contributed by atoms with Crippen molar-refractivity contribution in [1.29, 1.82) is 0 Å². The molecular weight excluding hydrogens is 310 g/mol. The van der Waals surface area contributed by atoms with Gasteiger partial charge < -0.3 is 10.1 Å². The number of thioether (sulfide) groups is 1. The highest BCUT2D eigenvalue weighted by atomic mass is 79.9. The summed E-state index contributed by atoms with van der Waals surface area (Å²) in [5.41, 5.74) is 1.38. The fraction of sp³-hybridized carbons (Fsp3) is 0.429. The van der Waals surface area contributed by atoms with E-state index in [1.807, 2.05) is 25.1 Å². The van der Waals surface area contributed by atoms with Crippen LogP contribution in [0.25, 0.3) is 0 Å². The summed E-state index contributed by atoms with van der Waals surface area (Å²) in [4.78, 5) is 1.29. The van der Waals surface area contributed by atoms with Gasteiger partial charge in [-0.2, -0.15) is 0 Å². The van der Waals surface area contributed by atoms with Crippen molar-refractivity contribution in [3.8, 4) is 0 Å². The van der Waals surface area contributed by atoms with E-state index in [-0.39, 0.29) is 0 Å². The van der Waals surface area contributed by atoms with Crippen molar-refractivity contribution >= 4 is 27.7 Å². The van der Waals surface area contributed by atoms with Crippen LogP contribution in [0, 0.1) is 0 Å². The zero-order valence-electron chi connectivity index (χ0n) is 10.5. The van der Waals surface area contributed by atoms with Gasteiger partial charge in [0.1, 0.15) is 0 Å². The molecule has 1 unspecified atom stereocenters. The van der Waals surface area contributed by atoms with Crippen molar-refractivity contribution in [3.63, 3.8) is 0 Å². The summed E-state index contributed by atoms with van der Waals surface area (Å²) in [5, 5.41) is 3.38. The van der Waals surface area contributed by atoms with Gasteiger partial charge in [-0.15, -0.1) is 11.8 Å². The SMILES string of the molecule is CNC(CSc1cccc(Br)c1)C1=COCCC1. The van der Waals surface area contributed by atoms with Gasteiger partial charge in [0, 0.05) is 21.2 Å². The zero-order valence-corrected chi connectivity index (χ0v) is 12.9. The van der Waals surface area contributed by atoms with Gasteiger partial charge in [-0.05, 0) is 43.7 Å². The van der Waals surface area contributed by atoms with E-state index in [0.717, 1.165) is 29.7 Å². The van der Waals surface area contributed by atoms with E-state index in [2.05, 4.69) is 45.5 Å². The number of benzene rings is 1. The Morgan fingerprint density at radius 2 is 2.39 bits per heavy atom. The van der Waals surface area contributed by atoms with E-state index in [9.17, 15) is 0 Å². The molecule has 0 aromatic heterocycles. The van der Waals surface area contributed by atoms with E-state index in [1.54, 1.807) is 0 Å². The number of nitrogens with one attached hydrogen (secondary N) is 1. The van der Waals surface area contributed by atoms with Gasteiger partial charge in [0.25, 0.3) is 0 Å². The first-order chi connectivity index (χ1) is 8.79. The predicted octanol–water partition coefficient (Wildman–Crippen LogP) is 3.82. The molecule has 0 saturated heterocycles. The molecule has 1 aromatic rings. The van der Waals surface area contributed by atoms with Gasteiger partial charge in [-0.3, -0.25) is 0 Å². The predicted molar refractivity (Wildman–Crippen MR) is 81.0 cm³/mol. The van der Waals surface area contributed by atoms with Crippen LogP contribution in [0.5, 0.6) is 0 Å². The first kappa shape index (κ1) is 14.0. The Morgan fingerprint density at radius 3 is 3.06 bits per heavy atom. The lowest BCUT2D eigenvalue weighted by Gasteiger charge is -2.22. The standard InChI is InChI=1S/C14H18BrNOS/c1-16-14(11-4-3-7-17-9-11)10-18-13-6-2-5-12(15)8-13/h2,5-6,8-9,14,16H,3-4,7,10H2,1H3. The Kier molecular flexibility index (Phi) is 5.60. The average Bonchev–Trinajstić information content (AvgIpc) is 2.41. The van der Waals surface area contributed by atoms with Crippen molar-refractivity contribution in [1.82, 2.24) is 5.32 Å². The normalized spacial score (nSPS) is 16.9. The molecular formula is C14H18BrNOS. The molecule has 2 nitrogen and oxygen atoms in total. The van der Waals surface area contributed by atoms with Gasteiger partial charge in [0.15, 0.2) is 0 Å². The van der Waals surface area contributed by atoms with E-state index in [0.29, 0.717) is 6.04 Å². The second-order valence-corrected chi connectivity index (χ2v) is 6.29. The lowest BCUT2D eigenvalue weighted by Crippen LogP contribution is -2.31. The number of halogens is 1. The van der Waals surface area contributed by atoms with Gasteiger partial charge in [0.2, 0.25) is 0 Å². The number of rotatable bonds is 5. The van der Waals surface area contributed by atoms with Crippen LogP contribution >= 0.6 is 27.7 Å². The fourth-order valence-electron chi connectivity index (χ4n) is 1.95. The second-order valence-electron chi connectivity index (χ2n) is 4.28. The van der Waals surface area contributed by atoms with Gasteiger partial charge in [0.05, 0.1) is 12.9 Å². The molecule has 1 atom stereocenters. The maximum Gasteiger partial charge on any atom is 0.0876 e. The molecule has 0 amide bonds. The highest BCUT2D eigenvalue weighted by Crippen LogP contribution is 2.25. The summed E-state index contributed by atoms with van der Waals surface area (Å²) in [6.07, 6.45) is 4.21. The third kappa shape index (κ3) is 4.04. The minimum Gasteiger partial charge on any atom is -0.501 e. The van der Waals surface area contributed by atoms with Crippen molar-refractivity contribution in [2.24, 2.45) is 0 Å². The lowest BCUT2D eigenvalue weighted by molar-refractivity contribution is 0.221. The average molecular weight is 328 g/mol. The van der Waals surface area contributed by atoms with E-state index in [1.165, 1.54) is 10.5 Å². The largest absolute Gasteiger partial charge is 0.501 e. The van der Waals surface area contributed by atoms with Crippen molar-refractivity contribution in [2.75, 3.05) is 19.4 Å². The van der Waals surface area contributed by atoms with Gasteiger partial charge in [-0.1, -0.05) is 22.0 Å². The third-order valence-electron chi connectivity index (χ3n) is 2.97. The molecule has 1 aliphatic rings. The number of likely N-dealkylation sites (N-methyl/N-ethyl adjacent to an activating group) is 1. The summed E-state index contributed by atoms with van der Waals surface area (Å²) in [5.74, 6) is 1.03. The minimum atomic E-state index is 0.397. The molecule has 4 heteroatoms. The molecule has 1 heterocycles. The van der Waals surface area contributed by atoms with Crippen molar-refractivity contribution in [3.05, 3.63) is 40.6 Å². The molecule has 0 fully saturated rings. The Balaban J connectivity index is 1.92. The molecule has 0 aliphatic carbocycles. The maximum atomic E-state index is 5.42. The molecule has 1 N–H and O–H groups in total. The minimum absolute atomic E-state index is 0.397. The van der Waals surface area contributed by atoms with Crippen molar-refractivity contribution in [2.45, 2.75) is 23.8 Å². The molecule has 0 radical (unpaired) electrons. The summed E-state index contributed by atoms with van der Waals surface area (Å²) in [7, 11) is 2.02. The number of ether oxygens (including phenoxy) is 1. The first-order valence-electron chi connectivity index (χ1n) is 6.16. The topological polar surface area (TPSA) is 21.3 Å². The second kappa shape index (κ2) is 7.22. The molecule has 0 spiro atoms. The summed E-state index contributed by atoms with van der Waals surface area (Å²) >= 11 is 5.37. The van der Waals surface area contributed by atoms with Crippen LogP contribution in [0.15, 0.2) is 45.5 Å². The first-order valence-corrected chi connectivity index (χ1v) is 7.93. The van der Waals surface area contributed by atoms with Crippen LogP contribution < -0.4 is 5.32 Å². The van der Waals surface area contributed by atoms with Crippen LogP contribution in [-0.4, -0.2) is 25.4 Å². The van der Waals surface area contributed by atoms with Crippen molar-refractivity contribution < 1.29 is 4.74 Å². The molecule has 0 bridgehead atoms. The summed E-state index contributed by atoms with van der Waals surface area (Å²) < 4.78 is 6.55. The third-order valence-corrected chi connectivity index (χ3v) is 4.55. The van der Waals surface area contributed by atoms with Crippen LogP contribution in [0.1, 0.15) is 12.8 Å². The Morgan fingerprint density at radius 1 is 1.50 bits per heavy atom. The fourth-order valence-corrected chi connectivity index (χ4v) is 3.63.